The molecule has 3 amide bonds. The summed E-state index contributed by atoms with van der Waals surface area (Å²) in [7, 11) is 0. The molecule has 1 saturated heterocycles. The first-order chi connectivity index (χ1) is 14.4. The molecular weight excluding hydrogens is 385 g/mol. The van der Waals surface area contributed by atoms with Gasteiger partial charge in [0.05, 0.1) is 5.92 Å². The Kier molecular flexibility index (Phi) is 7.17. The van der Waals surface area contributed by atoms with Crippen molar-refractivity contribution in [2.45, 2.75) is 32.4 Å². The Morgan fingerprint density at radius 2 is 1.80 bits per heavy atom. The number of carbonyl (C=O) groups is 3. The van der Waals surface area contributed by atoms with Crippen LogP contribution in [-0.4, -0.2) is 41.8 Å². The highest BCUT2D eigenvalue weighted by molar-refractivity contribution is 5.95. The van der Waals surface area contributed by atoms with Crippen LogP contribution in [-0.2, 0) is 16.1 Å². The number of rotatable bonds is 6. The van der Waals surface area contributed by atoms with Crippen molar-refractivity contribution in [1.29, 1.82) is 0 Å². The maximum atomic E-state index is 13.1. The first kappa shape index (κ1) is 21.5. The van der Waals surface area contributed by atoms with Gasteiger partial charge in [0, 0.05) is 25.2 Å². The van der Waals surface area contributed by atoms with Crippen LogP contribution >= 0.6 is 0 Å². The van der Waals surface area contributed by atoms with Gasteiger partial charge in [0.1, 0.15) is 11.9 Å². The average molecular weight is 411 g/mol. The molecule has 0 bridgehead atoms. The number of nitrogens with zero attached hydrogens (tertiary/aromatic N) is 1. The molecule has 2 aromatic carbocycles. The van der Waals surface area contributed by atoms with Crippen molar-refractivity contribution in [2.75, 3.05) is 13.1 Å². The summed E-state index contributed by atoms with van der Waals surface area (Å²) in [5.74, 6) is -1.51. The van der Waals surface area contributed by atoms with Gasteiger partial charge in [-0.05, 0) is 49.6 Å². The van der Waals surface area contributed by atoms with Crippen LogP contribution in [0.25, 0.3) is 0 Å². The van der Waals surface area contributed by atoms with Crippen LogP contribution in [0.4, 0.5) is 4.39 Å². The van der Waals surface area contributed by atoms with Gasteiger partial charge >= 0.3 is 0 Å². The van der Waals surface area contributed by atoms with Gasteiger partial charge in [0.15, 0.2) is 0 Å². The maximum absolute atomic E-state index is 13.1. The number of hydrogen-bond acceptors (Lipinski definition) is 3. The molecule has 0 spiro atoms. The van der Waals surface area contributed by atoms with E-state index in [1.54, 1.807) is 11.8 Å². The van der Waals surface area contributed by atoms with Gasteiger partial charge < -0.3 is 15.5 Å². The van der Waals surface area contributed by atoms with E-state index in [2.05, 4.69) is 10.6 Å². The predicted octanol–water partition coefficient (Wildman–Crippen LogP) is 2.50. The third-order valence-corrected chi connectivity index (χ3v) is 5.23. The Balaban J connectivity index is 1.51. The zero-order chi connectivity index (χ0) is 21.5. The molecule has 1 heterocycles. The Bertz CT molecular complexity index is 886. The van der Waals surface area contributed by atoms with E-state index in [-0.39, 0.29) is 30.2 Å². The third-order valence-electron chi connectivity index (χ3n) is 5.23. The summed E-state index contributed by atoms with van der Waals surface area (Å²) in [6.45, 7) is 2.86. The molecule has 0 aromatic heterocycles. The van der Waals surface area contributed by atoms with Crippen LogP contribution in [0.5, 0.6) is 0 Å². The molecule has 0 saturated carbocycles. The second kappa shape index (κ2) is 10.0. The molecule has 2 aromatic rings. The highest BCUT2D eigenvalue weighted by Gasteiger charge is 2.30. The summed E-state index contributed by atoms with van der Waals surface area (Å²) in [4.78, 5) is 39.2. The molecule has 2 N–H and O–H groups in total. The van der Waals surface area contributed by atoms with E-state index in [0.29, 0.717) is 31.5 Å². The fourth-order valence-electron chi connectivity index (χ4n) is 3.49. The second-order valence-electron chi connectivity index (χ2n) is 7.53. The summed E-state index contributed by atoms with van der Waals surface area (Å²) in [5, 5.41) is 5.57. The van der Waals surface area contributed by atoms with Gasteiger partial charge in [-0.25, -0.2) is 4.39 Å². The molecule has 1 fully saturated rings. The Morgan fingerprint density at radius 1 is 1.10 bits per heavy atom. The number of likely N-dealkylation sites (tertiary alicyclic amines) is 1. The van der Waals surface area contributed by atoms with Crippen LogP contribution in [0.15, 0.2) is 54.6 Å². The van der Waals surface area contributed by atoms with Gasteiger partial charge in [0.25, 0.3) is 5.91 Å². The van der Waals surface area contributed by atoms with Crippen molar-refractivity contribution < 1.29 is 18.8 Å². The topological polar surface area (TPSA) is 78.5 Å². The van der Waals surface area contributed by atoms with Crippen molar-refractivity contribution in [2.24, 2.45) is 5.92 Å². The van der Waals surface area contributed by atoms with Gasteiger partial charge in [-0.1, -0.05) is 30.3 Å². The van der Waals surface area contributed by atoms with Crippen LogP contribution < -0.4 is 10.6 Å². The van der Waals surface area contributed by atoms with Crippen molar-refractivity contribution in [1.82, 2.24) is 15.5 Å². The second-order valence-corrected chi connectivity index (χ2v) is 7.53. The lowest BCUT2D eigenvalue weighted by atomic mass is 9.96. The quantitative estimate of drug-likeness (QED) is 0.767. The Hall–Kier alpha value is -3.22. The summed E-state index contributed by atoms with van der Waals surface area (Å²) in [5.41, 5.74) is 1.37. The molecule has 1 aliphatic heterocycles. The van der Waals surface area contributed by atoms with Crippen molar-refractivity contribution in [3.8, 4) is 0 Å². The lowest BCUT2D eigenvalue weighted by Crippen LogP contribution is -2.50. The zero-order valence-corrected chi connectivity index (χ0v) is 16.9. The third kappa shape index (κ3) is 5.65. The highest BCUT2D eigenvalue weighted by Crippen LogP contribution is 2.19. The minimum absolute atomic E-state index is 0.221. The molecule has 0 radical (unpaired) electrons. The van der Waals surface area contributed by atoms with Gasteiger partial charge in [-0.15, -0.1) is 0 Å². The summed E-state index contributed by atoms with van der Waals surface area (Å²) in [6.07, 6.45) is 1.34. The van der Waals surface area contributed by atoms with E-state index < -0.39 is 11.9 Å². The molecule has 0 aliphatic carbocycles. The van der Waals surface area contributed by atoms with Crippen LogP contribution in [0, 0.1) is 11.7 Å². The zero-order valence-electron chi connectivity index (χ0n) is 16.9. The van der Waals surface area contributed by atoms with Gasteiger partial charge in [-0.3, -0.25) is 14.4 Å². The van der Waals surface area contributed by atoms with Crippen molar-refractivity contribution >= 4 is 17.7 Å². The molecule has 3 rings (SSSR count). The van der Waals surface area contributed by atoms with E-state index in [0.717, 1.165) is 5.56 Å². The van der Waals surface area contributed by atoms with E-state index in [9.17, 15) is 18.8 Å². The molecule has 2 atom stereocenters. The van der Waals surface area contributed by atoms with E-state index in [4.69, 9.17) is 0 Å². The maximum Gasteiger partial charge on any atom is 0.253 e. The Labute approximate surface area is 175 Å². The fraction of sp³-hybridized carbons (Fsp3) is 0.348. The molecule has 1 aliphatic rings. The minimum Gasteiger partial charge on any atom is -0.350 e. The van der Waals surface area contributed by atoms with E-state index >= 15 is 0 Å². The predicted molar refractivity (Wildman–Crippen MR) is 111 cm³/mol. The summed E-state index contributed by atoms with van der Waals surface area (Å²) < 4.78 is 13.1. The lowest BCUT2D eigenvalue weighted by Gasteiger charge is -2.32. The smallest absolute Gasteiger partial charge is 0.253 e. The first-order valence-electron chi connectivity index (χ1n) is 10.1. The SMILES string of the molecule is CC(NC(=O)C1CCCN(C(=O)c2ccc(F)cc2)C1)C(=O)NCc1ccccc1. The minimum atomic E-state index is -0.676. The standard InChI is InChI=1S/C23H26FN3O3/c1-16(21(28)25-14-17-6-3-2-4-7-17)26-22(29)19-8-5-13-27(15-19)23(30)18-9-11-20(24)12-10-18/h2-4,6-7,9-12,16,19H,5,8,13-15H2,1H3,(H,25,28)(H,26,29). The number of piperidine rings is 1. The number of hydrogen-bond donors (Lipinski definition) is 2. The van der Waals surface area contributed by atoms with Crippen molar-refractivity contribution in [3.05, 3.63) is 71.5 Å². The normalized spacial score (nSPS) is 17.1. The Morgan fingerprint density at radius 3 is 2.50 bits per heavy atom. The summed E-state index contributed by atoms with van der Waals surface area (Å²) >= 11 is 0. The number of amides is 3. The highest BCUT2D eigenvalue weighted by atomic mass is 19.1. The molecule has 6 nitrogen and oxygen atoms in total. The summed E-state index contributed by atoms with van der Waals surface area (Å²) in [6, 6.07) is 14.2. The lowest BCUT2D eigenvalue weighted by molar-refractivity contribution is -0.131. The number of halogens is 1. The molecule has 30 heavy (non-hydrogen) atoms. The average Bonchev–Trinajstić information content (AvgIpc) is 2.78. The number of benzene rings is 2. The van der Waals surface area contributed by atoms with E-state index in [1.165, 1.54) is 24.3 Å². The first-order valence-corrected chi connectivity index (χ1v) is 10.1. The van der Waals surface area contributed by atoms with Crippen molar-refractivity contribution in [3.63, 3.8) is 0 Å². The molecule has 158 valence electrons. The monoisotopic (exact) mass is 411 g/mol. The van der Waals surface area contributed by atoms with E-state index in [1.807, 2.05) is 30.3 Å². The molecule has 7 heteroatoms. The van der Waals surface area contributed by atoms with Crippen LogP contribution in [0.3, 0.4) is 0 Å². The fourth-order valence-corrected chi connectivity index (χ4v) is 3.49. The van der Waals surface area contributed by atoms with Gasteiger partial charge in [0.2, 0.25) is 11.8 Å². The van der Waals surface area contributed by atoms with Crippen LogP contribution in [0.1, 0.15) is 35.7 Å². The number of nitrogens with one attached hydrogen (secondary N) is 2. The largest absolute Gasteiger partial charge is 0.350 e. The number of carbonyl (C=O) groups excluding carboxylic acids is 3. The molecule has 2 unspecified atom stereocenters. The van der Waals surface area contributed by atoms with Crippen LogP contribution in [0.2, 0.25) is 0 Å². The molecular formula is C23H26FN3O3. The van der Waals surface area contributed by atoms with Gasteiger partial charge in [-0.2, -0.15) is 0 Å².